The third-order valence-electron chi connectivity index (χ3n) is 3.40. The molecule has 0 atom stereocenters. The zero-order valence-electron chi connectivity index (χ0n) is 12.4. The predicted molar refractivity (Wildman–Crippen MR) is 81.2 cm³/mol. The summed E-state index contributed by atoms with van der Waals surface area (Å²) in [6.45, 7) is 8.22. The van der Waals surface area contributed by atoms with Crippen molar-refractivity contribution >= 4 is 14.9 Å². The van der Waals surface area contributed by atoms with Crippen molar-refractivity contribution in [1.82, 2.24) is 4.57 Å². The van der Waals surface area contributed by atoms with E-state index in [1.165, 1.54) is 0 Å². The molecule has 1 aromatic rings. The molecule has 2 heterocycles. The molecule has 1 aliphatic rings. The first kappa shape index (κ1) is 15.4. The molecule has 0 bridgehead atoms. The van der Waals surface area contributed by atoms with Crippen LogP contribution in [0.15, 0.2) is 27.8 Å². The van der Waals surface area contributed by atoms with Gasteiger partial charge in [0.05, 0.1) is 19.0 Å². The summed E-state index contributed by atoms with van der Waals surface area (Å²) in [6, 6.07) is 4.83. The molecule has 0 aliphatic carbocycles. The second kappa shape index (κ2) is 7.73. The topological polar surface area (TPSA) is 47.2 Å². The van der Waals surface area contributed by atoms with Gasteiger partial charge in [-0.05, 0) is 38.9 Å². The molecule has 0 saturated carbocycles. The Kier molecular flexibility index (Phi) is 5.97. The van der Waals surface area contributed by atoms with Gasteiger partial charge in [-0.3, -0.25) is 9.56 Å². The first-order valence-electron chi connectivity index (χ1n) is 7.37. The van der Waals surface area contributed by atoms with Crippen LogP contribution in [0.1, 0.15) is 26.0 Å². The number of nitrogens with zero attached hydrogens (tertiary/aromatic N) is 2. The average molecular weight is 296 g/mol. The summed E-state index contributed by atoms with van der Waals surface area (Å²) in [4.78, 5) is 4.41. The number of rotatable bonds is 8. The van der Waals surface area contributed by atoms with Crippen LogP contribution in [0.25, 0.3) is 0 Å². The second-order valence-corrected chi connectivity index (χ2v) is 7.86. The highest BCUT2D eigenvalue weighted by Gasteiger charge is 2.48. The third-order valence-corrected chi connectivity index (χ3v) is 7.28. The zero-order valence-corrected chi connectivity index (χ0v) is 13.4. The average Bonchev–Trinajstić information content (AvgIpc) is 3.06. The van der Waals surface area contributed by atoms with E-state index in [4.69, 9.17) is 13.3 Å². The van der Waals surface area contributed by atoms with Gasteiger partial charge in [0.25, 0.3) is 0 Å². The van der Waals surface area contributed by atoms with Gasteiger partial charge in [0.2, 0.25) is 0 Å². The van der Waals surface area contributed by atoms with E-state index in [2.05, 4.69) is 9.56 Å². The number of aliphatic imine (C=N–C) groups is 1. The summed E-state index contributed by atoms with van der Waals surface area (Å²) in [5.74, 6) is 0.796. The number of hydrogen-bond donors (Lipinski definition) is 0. The monoisotopic (exact) mass is 296 g/mol. The van der Waals surface area contributed by atoms with Gasteiger partial charge in [-0.15, -0.1) is 0 Å². The molecular weight excluding hydrogens is 272 g/mol. The van der Waals surface area contributed by atoms with Gasteiger partial charge in [0, 0.05) is 25.8 Å². The molecule has 0 N–H and O–H groups in total. The van der Waals surface area contributed by atoms with E-state index in [0.717, 1.165) is 51.1 Å². The Hall–Kier alpha value is -0.953. The molecule has 5 nitrogen and oxygen atoms in total. The van der Waals surface area contributed by atoms with Crippen molar-refractivity contribution in [3.05, 3.63) is 24.2 Å². The maximum Gasteiger partial charge on any atom is 0.427 e. The lowest BCUT2D eigenvalue weighted by Crippen LogP contribution is -2.55. The van der Waals surface area contributed by atoms with Crippen molar-refractivity contribution in [3.8, 4) is 0 Å². The van der Waals surface area contributed by atoms with Crippen LogP contribution in [0.4, 0.5) is 0 Å². The lowest BCUT2D eigenvalue weighted by Gasteiger charge is -2.33. The van der Waals surface area contributed by atoms with Crippen molar-refractivity contribution in [3.63, 3.8) is 0 Å². The van der Waals surface area contributed by atoms with Gasteiger partial charge in [-0.2, -0.15) is 0 Å². The molecule has 0 unspecified atom stereocenters. The Bertz CT molecular complexity index is 403. The lowest BCUT2D eigenvalue weighted by atomic mass is 10.4. The third kappa shape index (κ3) is 3.79. The molecule has 0 spiro atoms. The molecular formula is C14H24N2O3Si. The van der Waals surface area contributed by atoms with Gasteiger partial charge in [-0.25, -0.2) is 0 Å². The van der Waals surface area contributed by atoms with E-state index in [9.17, 15) is 0 Å². The van der Waals surface area contributed by atoms with Crippen molar-refractivity contribution in [1.29, 1.82) is 0 Å². The highest BCUT2D eigenvalue weighted by atomic mass is 28.4. The van der Waals surface area contributed by atoms with E-state index < -0.39 is 8.72 Å². The summed E-state index contributed by atoms with van der Waals surface area (Å²) in [7, 11) is -2.14. The quantitative estimate of drug-likeness (QED) is 0.546. The van der Waals surface area contributed by atoms with E-state index in [0.29, 0.717) is 0 Å². The maximum atomic E-state index is 6.02. The zero-order chi connectivity index (χ0) is 14.3. The Morgan fingerprint density at radius 3 is 2.85 bits per heavy atom. The van der Waals surface area contributed by atoms with Crippen LogP contribution in [-0.4, -0.2) is 52.4 Å². The second-order valence-electron chi connectivity index (χ2n) is 4.72. The van der Waals surface area contributed by atoms with Crippen LogP contribution in [0.2, 0.25) is 6.04 Å². The van der Waals surface area contributed by atoms with Crippen LogP contribution in [0.3, 0.4) is 0 Å². The van der Waals surface area contributed by atoms with Crippen LogP contribution >= 0.6 is 0 Å². The Morgan fingerprint density at radius 1 is 1.40 bits per heavy atom. The van der Waals surface area contributed by atoms with Gasteiger partial charge >= 0.3 is 8.72 Å². The summed E-state index contributed by atoms with van der Waals surface area (Å²) in [5, 5.41) is 0. The molecule has 112 valence electrons. The van der Waals surface area contributed by atoms with E-state index in [1.54, 1.807) is 12.5 Å². The molecule has 0 aromatic carbocycles. The molecule has 20 heavy (non-hydrogen) atoms. The van der Waals surface area contributed by atoms with Gasteiger partial charge in [0.15, 0.2) is 0 Å². The van der Waals surface area contributed by atoms with Crippen molar-refractivity contribution in [2.45, 2.75) is 26.3 Å². The standard InChI is InChI=1S/C14H24N2O3Si/c1-3-18-20(19-4-2)12-6-9-16(20)10-8-15-13-14-7-5-11-17-14/h5,7,11,13H,3-4,6,8-10,12H2,1-2H3. The fourth-order valence-corrected chi connectivity index (χ4v) is 6.12. The minimum absolute atomic E-state index is 0.721. The normalized spacial score (nSPS) is 19.1. The van der Waals surface area contributed by atoms with Gasteiger partial charge < -0.3 is 13.3 Å². The first-order valence-corrected chi connectivity index (χ1v) is 9.34. The molecule has 0 radical (unpaired) electrons. The number of hydrogen-bond acceptors (Lipinski definition) is 5. The fourth-order valence-electron chi connectivity index (χ4n) is 2.62. The van der Waals surface area contributed by atoms with E-state index in [-0.39, 0.29) is 0 Å². The number of furan rings is 1. The van der Waals surface area contributed by atoms with Crippen LogP contribution < -0.4 is 0 Å². The molecule has 1 aromatic heterocycles. The minimum Gasteiger partial charge on any atom is -0.463 e. The van der Waals surface area contributed by atoms with Crippen LogP contribution in [0.5, 0.6) is 0 Å². The maximum absolute atomic E-state index is 6.02. The predicted octanol–water partition coefficient (Wildman–Crippen LogP) is 2.42. The summed E-state index contributed by atoms with van der Waals surface area (Å²) in [6.07, 6.45) is 4.60. The Morgan fingerprint density at radius 2 is 2.20 bits per heavy atom. The van der Waals surface area contributed by atoms with E-state index in [1.807, 2.05) is 26.0 Å². The minimum atomic E-state index is -2.14. The molecule has 2 rings (SSSR count). The first-order chi connectivity index (χ1) is 9.80. The Balaban J connectivity index is 1.86. The molecule has 1 aliphatic heterocycles. The Labute approximate surface area is 121 Å². The summed E-state index contributed by atoms with van der Waals surface area (Å²) >= 11 is 0. The fraction of sp³-hybridized carbons (Fsp3) is 0.643. The largest absolute Gasteiger partial charge is 0.463 e. The lowest BCUT2D eigenvalue weighted by molar-refractivity contribution is 0.138. The molecule has 1 fully saturated rings. The summed E-state index contributed by atoms with van der Waals surface area (Å²) < 4.78 is 19.6. The smallest absolute Gasteiger partial charge is 0.427 e. The van der Waals surface area contributed by atoms with Crippen molar-refractivity contribution < 1.29 is 13.3 Å². The van der Waals surface area contributed by atoms with Crippen LogP contribution in [-0.2, 0) is 8.85 Å². The van der Waals surface area contributed by atoms with Crippen LogP contribution in [0, 0.1) is 0 Å². The SMILES string of the molecule is CCO[Si]1(OCC)CCCN1CCN=Cc1ccco1. The molecule has 1 saturated heterocycles. The highest BCUT2D eigenvalue weighted by molar-refractivity contribution is 6.65. The van der Waals surface area contributed by atoms with Gasteiger partial charge in [0.1, 0.15) is 5.76 Å². The molecule has 6 heteroatoms. The van der Waals surface area contributed by atoms with Crippen molar-refractivity contribution in [2.24, 2.45) is 4.99 Å². The van der Waals surface area contributed by atoms with Gasteiger partial charge in [-0.1, -0.05) is 0 Å². The van der Waals surface area contributed by atoms with Crippen molar-refractivity contribution in [2.75, 3.05) is 32.8 Å². The molecule has 0 amide bonds. The van der Waals surface area contributed by atoms with E-state index >= 15 is 0 Å². The summed E-state index contributed by atoms with van der Waals surface area (Å²) in [5.41, 5.74) is 0. The highest BCUT2D eigenvalue weighted by Crippen LogP contribution is 2.27.